The normalized spacial score (nSPS) is 13.3. The molecule has 17 heavy (non-hydrogen) atoms. The van der Waals surface area contributed by atoms with Gasteiger partial charge in [0.25, 0.3) is 0 Å². The molecule has 0 radical (unpaired) electrons. The lowest BCUT2D eigenvalue weighted by molar-refractivity contribution is 0.317. The van der Waals surface area contributed by atoms with Crippen molar-refractivity contribution >= 4 is 15.9 Å². The molecule has 1 N–H and O–H groups in total. The molecule has 98 valence electrons. The fraction of sp³-hybridized carbons (Fsp3) is 0.769. The van der Waals surface area contributed by atoms with Crippen LogP contribution in [0.2, 0.25) is 0 Å². The van der Waals surface area contributed by atoms with Crippen molar-refractivity contribution in [2.45, 2.75) is 45.6 Å². The zero-order chi connectivity index (χ0) is 12.8. The van der Waals surface area contributed by atoms with Crippen LogP contribution >= 0.6 is 15.9 Å². The van der Waals surface area contributed by atoms with E-state index in [9.17, 15) is 0 Å². The van der Waals surface area contributed by atoms with Gasteiger partial charge in [0.05, 0.1) is 22.4 Å². The number of hydrogen-bond donors (Lipinski definition) is 1. The van der Waals surface area contributed by atoms with Gasteiger partial charge in [-0.2, -0.15) is 5.10 Å². The fourth-order valence-corrected chi connectivity index (χ4v) is 3.18. The highest BCUT2D eigenvalue weighted by molar-refractivity contribution is 9.10. The average Bonchev–Trinajstić information content (AvgIpc) is 2.62. The first kappa shape index (κ1) is 14.7. The number of halogens is 1. The number of aromatic nitrogens is 2. The van der Waals surface area contributed by atoms with Crippen LogP contribution in [0, 0.1) is 5.92 Å². The first-order chi connectivity index (χ1) is 8.15. The molecule has 4 heteroatoms. The number of nitrogens with one attached hydrogen (secondary N) is 1. The van der Waals surface area contributed by atoms with E-state index in [-0.39, 0.29) is 0 Å². The van der Waals surface area contributed by atoms with E-state index in [2.05, 4.69) is 40.2 Å². The molecule has 1 heterocycles. The predicted molar refractivity (Wildman–Crippen MR) is 76.0 cm³/mol. The van der Waals surface area contributed by atoms with Crippen molar-refractivity contribution in [2.24, 2.45) is 13.0 Å². The Morgan fingerprint density at radius 3 is 2.29 bits per heavy atom. The van der Waals surface area contributed by atoms with Gasteiger partial charge < -0.3 is 5.32 Å². The van der Waals surface area contributed by atoms with E-state index in [1.807, 2.05) is 25.0 Å². The van der Waals surface area contributed by atoms with E-state index in [4.69, 9.17) is 0 Å². The Balaban J connectivity index is 2.95. The minimum absolute atomic E-state index is 0.386. The molecule has 1 atom stereocenters. The summed E-state index contributed by atoms with van der Waals surface area (Å²) in [5.41, 5.74) is 1.26. The topological polar surface area (TPSA) is 29.9 Å². The highest BCUT2D eigenvalue weighted by Crippen LogP contribution is 2.33. The molecule has 0 amide bonds. The third-order valence-corrected chi connectivity index (χ3v) is 3.94. The van der Waals surface area contributed by atoms with E-state index in [0.717, 1.165) is 4.47 Å². The summed E-state index contributed by atoms with van der Waals surface area (Å²) in [5.74, 6) is 0.682. The zero-order valence-electron chi connectivity index (χ0n) is 11.3. The molecule has 0 spiro atoms. The molecular formula is C13H24BrN3. The minimum atomic E-state index is 0.386. The second-order valence-electron chi connectivity index (χ2n) is 4.61. The minimum Gasteiger partial charge on any atom is -0.311 e. The zero-order valence-corrected chi connectivity index (χ0v) is 12.9. The molecule has 0 fully saturated rings. The number of nitrogens with zero attached hydrogens (tertiary/aromatic N) is 2. The maximum absolute atomic E-state index is 4.32. The molecule has 1 aromatic heterocycles. The van der Waals surface area contributed by atoms with Gasteiger partial charge >= 0.3 is 0 Å². The van der Waals surface area contributed by atoms with E-state index in [1.165, 1.54) is 31.4 Å². The third kappa shape index (κ3) is 3.55. The van der Waals surface area contributed by atoms with Gasteiger partial charge in [0, 0.05) is 7.05 Å². The lowest BCUT2D eigenvalue weighted by Gasteiger charge is -2.27. The van der Waals surface area contributed by atoms with Gasteiger partial charge in [-0.3, -0.25) is 4.68 Å². The van der Waals surface area contributed by atoms with Gasteiger partial charge in [-0.05, 0) is 41.7 Å². The number of aryl methyl sites for hydroxylation is 1. The largest absolute Gasteiger partial charge is 0.311 e. The highest BCUT2D eigenvalue weighted by Gasteiger charge is 2.25. The van der Waals surface area contributed by atoms with Gasteiger partial charge in [-0.15, -0.1) is 0 Å². The average molecular weight is 302 g/mol. The predicted octanol–water partition coefficient (Wildman–Crippen LogP) is 3.66. The van der Waals surface area contributed by atoms with Gasteiger partial charge in [0.15, 0.2) is 0 Å². The Bertz CT molecular complexity index is 310. The van der Waals surface area contributed by atoms with Crippen molar-refractivity contribution < 1.29 is 0 Å². The summed E-state index contributed by atoms with van der Waals surface area (Å²) in [6, 6.07) is 0.386. The molecule has 0 aliphatic heterocycles. The van der Waals surface area contributed by atoms with E-state index in [1.54, 1.807) is 0 Å². The molecule has 0 bridgehead atoms. The monoisotopic (exact) mass is 301 g/mol. The second kappa shape index (κ2) is 7.17. The van der Waals surface area contributed by atoms with E-state index >= 15 is 0 Å². The fourth-order valence-electron chi connectivity index (χ4n) is 2.58. The summed E-state index contributed by atoms with van der Waals surface area (Å²) >= 11 is 3.61. The van der Waals surface area contributed by atoms with Crippen molar-refractivity contribution in [1.82, 2.24) is 15.1 Å². The molecule has 1 rings (SSSR count). The molecule has 0 aromatic carbocycles. The third-order valence-electron chi connectivity index (χ3n) is 3.33. The Kier molecular flexibility index (Phi) is 6.20. The van der Waals surface area contributed by atoms with Crippen LogP contribution in [0.15, 0.2) is 10.7 Å². The van der Waals surface area contributed by atoms with Gasteiger partial charge in [-0.1, -0.05) is 26.7 Å². The van der Waals surface area contributed by atoms with Crippen LogP contribution in [0.3, 0.4) is 0 Å². The van der Waals surface area contributed by atoms with Crippen LogP contribution in [0.5, 0.6) is 0 Å². The second-order valence-corrected chi connectivity index (χ2v) is 5.46. The Labute approximate surface area is 113 Å². The van der Waals surface area contributed by atoms with Crippen LogP contribution < -0.4 is 5.32 Å². The maximum atomic E-state index is 4.32. The van der Waals surface area contributed by atoms with Crippen molar-refractivity contribution in [3.05, 3.63) is 16.4 Å². The molecule has 1 unspecified atom stereocenters. The lowest BCUT2D eigenvalue weighted by Crippen LogP contribution is -2.27. The summed E-state index contributed by atoms with van der Waals surface area (Å²) in [4.78, 5) is 0. The first-order valence-electron chi connectivity index (χ1n) is 6.50. The van der Waals surface area contributed by atoms with E-state index in [0.29, 0.717) is 12.0 Å². The molecule has 0 aliphatic carbocycles. The van der Waals surface area contributed by atoms with Crippen LogP contribution in [0.4, 0.5) is 0 Å². The van der Waals surface area contributed by atoms with Crippen molar-refractivity contribution in [2.75, 3.05) is 7.05 Å². The Morgan fingerprint density at radius 2 is 1.94 bits per heavy atom. The molecule has 0 saturated carbocycles. The lowest BCUT2D eigenvalue weighted by atomic mass is 9.88. The standard InChI is InChI=1S/C13H24BrN3/c1-5-7-10(8-6-2)12(15-3)13-11(14)9-16-17(13)4/h9-10,12,15H,5-8H2,1-4H3. The number of hydrogen-bond acceptors (Lipinski definition) is 2. The molecule has 1 aromatic rings. The smallest absolute Gasteiger partial charge is 0.0695 e. The Hall–Kier alpha value is -0.350. The summed E-state index contributed by atoms with van der Waals surface area (Å²) in [6.07, 6.45) is 6.87. The SMILES string of the molecule is CCCC(CCC)C(NC)c1c(Br)cnn1C. The highest BCUT2D eigenvalue weighted by atomic mass is 79.9. The van der Waals surface area contributed by atoms with Crippen LogP contribution in [0.25, 0.3) is 0 Å². The van der Waals surface area contributed by atoms with Gasteiger partial charge in [0.1, 0.15) is 0 Å². The van der Waals surface area contributed by atoms with Crippen molar-refractivity contribution in [3.63, 3.8) is 0 Å². The summed E-state index contributed by atoms with van der Waals surface area (Å²) in [7, 11) is 4.06. The van der Waals surface area contributed by atoms with Crippen molar-refractivity contribution in [1.29, 1.82) is 0 Å². The molecule has 0 saturated heterocycles. The van der Waals surface area contributed by atoms with Crippen LogP contribution in [-0.2, 0) is 7.05 Å². The number of rotatable bonds is 7. The van der Waals surface area contributed by atoms with Crippen LogP contribution in [-0.4, -0.2) is 16.8 Å². The van der Waals surface area contributed by atoms with E-state index < -0.39 is 0 Å². The molecule has 0 aliphatic rings. The van der Waals surface area contributed by atoms with Gasteiger partial charge in [0.2, 0.25) is 0 Å². The quantitative estimate of drug-likeness (QED) is 0.833. The summed E-state index contributed by atoms with van der Waals surface area (Å²) < 4.78 is 3.08. The Morgan fingerprint density at radius 1 is 1.35 bits per heavy atom. The van der Waals surface area contributed by atoms with Gasteiger partial charge in [-0.25, -0.2) is 0 Å². The molecule has 3 nitrogen and oxygen atoms in total. The summed E-state index contributed by atoms with van der Waals surface area (Å²) in [6.45, 7) is 4.52. The maximum Gasteiger partial charge on any atom is 0.0695 e. The van der Waals surface area contributed by atoms with Crippen LogP contribution in [0.1, 0.15) is 51.3 Å². The summed E-state index contributed by atoms with van der Waals surface area (Å²) in [5, 5.41) is 7.78. The molecular weight excluding hydrogens is 278 g/mol. The van der Waals surface area contributed by atoms with Crippen molar-refractivity contribution in [3.8, 4) is 0 Å². The first-order valence-corrected chi connectivity index (χ1v) is 7.29.